The second kappa shape index (κ2) is 10.5. The van der Waals surface area contributed by atoms with E-state index >= 15 is 0 Å². The van der Waals surface area contributed by atoms with Crippen molar-refractivity contribution in [3.63, 3.8) is 0 Å². The van der Waals surface area contributed by atoms with Crippen molar-refractivity contribution >= 4 is 13.1 Å². The lowest BCUT2D eigenvalue weighted by Crippen LogP contribution is -2.41. The monoisotopic (exact) mass is 448 g/mol. The van der Waals surface area contributed by atoms with Gasteiger partial charge in [-0.2, -0.15) is 0 Å². The fraction of sp³-hybridized carbons (Fsp3) is 0.542. The van der Waals surface area contributed by atoms with Crippen molar-refractivity contribution in [2.45, 2.75) is 78.9 Å². The Morgan fingerprint density at radius 3 is 2.28 bits per heavy atom. The minimum absolute atomic E-state index is 0.0411. The maximum atomic E-state index is 13.9. The number of hydrogen-bond acceptors (Lipinski definition) is 6. The lowest BCUT2D eigenvalue weighted by molar-refractivity contribution is -0.142. The Hall–Kier alpha value is -2.32. The third-order valence-corrected chi connectivity index (χ3v) is 5.75. The first-order chi connectivity index (χ1) is 14.9. The summed E-state index contributed by atoms with van der Waals surface area (Å²) in [6, 6.07) is 4.01. The molecule has 8 heteroatoms. The van der Waals surface area contributed by atoms with Gasteiger partial charge in [-0.3, -0.25) is 4.79 Å². The van der Waals surface area contributed by atoms with Gasteiger partial charge in [0.05, 0.1) is 30.0 Å². The van der Waals surface area contributed by atoms with Gasteiger partial charge in [-0.1, -0.05) is 19.9 Å². The molecule has 0 atom stereocenters. The highest BCUT2D eigenvalue weighted by atomic mass is 19.1. The maximum absolute atomic E-state index is 13.9. The standard InChI is InChI=1S/C24H34BFO6/c1-8-18(30-21-14-17(26)12-11-16(21)13-22(28)29-10-3)15-19(20(27)9-2)25-31-23(4,5)24(6,7)32-25/h11-12,14-15,27H,8-10,13H2,1-7H3/b18-15+,20-19-. The van der Waals surface area contributed by atoms with Gasteiger partial charge in [-0.05, 0) is 46.8 Å². The molecule has 32 heavy (non-hydrogen) atoms. The molecule has 0 amide bonds. The number of benzene rings is 1. The first-order valence-corrected chi connectivity index (χ1v) is 11.0. The van der Waals surface area contributed by atoms with Crippen molar-refractivity contribution in [3.05, 3.63) is 52.6 Å². The Bertz CT molecular complexity index is 874. The van der Waals surface area contributed by atoms with E-state index in [9.17, 15) is 14.3 Å². The van der Waals surface area contributed by atoms with Gasteiger partial charge < -0.3 is 23.9 Å². The summed E-state index contributed by atoms with van der Waals surface area (Å²) in [5, 5.41) is 10.6. The van der Waals surface area contributed by atoms with E-state index in [0.29, 0.717) is 29.6 Å². The largest absolute Gasteiger partial charge is 0.513 e. The number of halogens is 1. The normalized spacial score (nSPS) is 18.4. The van der Waals surface area contributed by atoms with Crippen molar-refractivity contribution in [3.8, 4) is 5.75 Å². The molecule has 1 aliphatic heterocycles. The third kappa shape index (κ3) is 6.14. The molecule has 0 spiro atoms. The molecule has 0 radical (unpaired) electrons. The molecule has 1 N–H and O–H groups in total. The molecule has 6 nitrogen and oxygen atoms in total. The summed E-state index contributed by atoms with van der Waals surface area (Å²) in [6.45, 7) is 13.4. The van der Waals surface area contributed by atoms with E-state index in [0.717, 1.165) is 0 Å². The second-order valence-corrected chi connectivity index (χ2v) is 8.64. The highest BCUT2D eigenvalue weighted by molar-refractivity contribution is 6.55. The number of esters is 1. The molecule has 0 aliphatic carbocycles. The number of ether oxygens (including phenoxy) is 2. The van der Waals surface area contributed by atoms with Crippen LogP contribution in [-0.2, 0) is 25.3 Å². The highest BCUT2D eigenvalue weighted by Crippen LogP contribution is 2.39. The number of aliphatic hydroxyl groups is 1. The van der Waals surface area contributed by atoms with Crippen molar-refractivity contribution in [2.75, 3.05) is 6.61 Å². The number of aliphatic hydroxyl groups excluding tert-OH is 1. The van der Waals surface area contributed by atoms with Crippen LogP contribution in [0, 0.1) is 5.82 Å². The number of rotatable bonds is 9. The number of carbonyl (C=O) groups is 1. The van der Waals surface area contributed by atoms with E-state index < -0.39 is 30.1 Å². The molecule has 0 bridgehead atoms. The van der Waals surface area contributed by atoms with Crippen LogP contribution in [0.1, 0.15) is 66.9 Å². The Kier molecular flexibility index (Phi) is 8.54. The second-order valence-electron chi connectivity index (χ2n) is 8.64. The Balaban J connectivity index is 2.39. The molecular weight excluding hydrogens is 414 g/mol. The molecule has 0 unspecified atom stereocenters. The summed E-state index contributed by atoms with van der Waals surface area (Å²) < 4.78 is 37.2. The minimum atomic E-state index is -0.781. The summed E-state index contributed by atoms with van der Waals surface area (Å²) in [6.07, 6.45) is 2.46. The lowest BCUT2D eigenvalue weighted by atomic mass is 9.76. The number of carbonyl (C=O) groups excluding carboxylic acids is 1. The van der Waals surface area contributed by atoms with E-state index in [1.54, 1.807) is 13.0 Å². The summed E-state index contributed by atoms with van der Waals surface area (Å²) in [7, 11) is -0.781. The van der Waals surface area contributed by atoms with Crippen LogP contribution in [0.4, 0.5) is 4.39 Å². The van der Waals surface area contributed by atoms with Crippen molar-refractivity contribution in [1.29, 1.82) is 0 Å². The summed E-state index contributed by atoms with van der Waals surface area (Å²) in [5.41, 5.74) is -0.197. The van der Waals surface area contributed by atoms with Crippen LogP contribution < -0.4 is 4.74 Å². The topological polar surface area (TPSA) is 74.2 Å². The van der Waals surface area contributed by atoms with Crippen molar-refractivity contribution < 1.29 is 33.1 Å². The fourth-order valence-corrected chi connectivity index (χ4v) is 3.12. The zero-order valence-electron chi connectivity index (χ0n) is 20.1. The van der Waals surface area contributed by atoms with Gasteiger partial charge in [0, 0.05) is 29.9 Å². The van der Waals surface area contributed by atoms with E-state index in [2.05, 4.69) is 0 Å². The zero-order chi connectivity index (χ0) is 24.1. The predicted molar refractivity (Wildman–Crippen MR) is 122 cm³/mol. The van der Waals surface area contributed by atoms with E-state index in [1.165, 1.54) is 18.2 Å². The van der Waals surface area contributed by atoms with E-state index in [-0.39, 0.29) is 24.5 Å². The molecule has 1 aliphatic rings. The van der Waals surface area contributed by atoms with Crippen LogP contribution in [-0.4, -0.2) is 36.0 Å². The van der Waals surface area contributed by atoms with Gasteiger partial charge >= 0.3 is 13.1 Å². The van der Waals surface area contributed by atoms with Gasteiger partial charge in [-0.15, -0.1) is 0 Å². The van der Waals surface area contributed by atoms with E-state index in [1.807, 2.05) is 41.5 Å². The SMILES string of the molecule is CCOC(=O)Cc1ccc(F)cc1O/C(=C/C(B1OC(C)(C)C(C)(C)O1)=C(/O)CC)CC. The summed E-state index contributed by atoms with van der Waals surface area (Å²) in [5.74, 6) is -0.113. The van der Waals surface area contributed by atoms with Crippen LogP contribution in [0.25, 0.3) is 0 Å². The Labute approximate surface area is 190 Å². The summed E-state index contributed by atoms with van der Waals surface area (Å²) >= 11 is 0. The van der Waals surface area contributed by atoms with E-state index in [4.69, 9.17) is 18.8 Å². The molecule has 1 saturated heterocycles. The van der Waals surface area contributed by atoms with Gasteiger partial charge in [0.2, 0.25) is 0 Å². The predicted octanol–water partition coefficient (Wildman–Crippen LogP) is 5.46. The first kappa shape index (κ1) is 25.9. The van der Waals surface area contributed by atoms with Gasteiger partial charge in [-0.25, -0.2) is 4.39 Å². The highest BCUT2D eigenvalue weighted by Gasteiger charge is 2.52. The zero-order valence-corrected chi connectivity index (χ0v) is 20.1. The maximum Gasteiger partial charge on any atom is 0.498 e. The van der Waals surface area contributed by atoms with Crippen molar-refractivity contribution in [2.24, 2.45) is 0 Å². The summed E-state index contributed by atoms with van der Waals surface area (Å²) in [4.78, 5) is 11.9. The molecule has 1 aromatic rings. The molecule has 0 saturated carbocycles. The van der Waals surface area contributed by atoms with Crippen LogP contribution in [0.3, 0.4) is 0 Å². The molecule has 0 aromatic heterocycles. The Morgan fingerprint density at radius 1 is 1.12 bits per heavy atom. The molecule has 1 heterocycles. The molecule has 1 aromatic carbocycles. The van der Waals surface area contributed by atoms with Crippen LogP contribution in [0.5, 0.6) is 5.75 Å². The average Bonchev–Trinajstić information content (AvgIpc) is 2.93. The van der Waals surface area contributed by atoms with Crippen molar-refractivity contribution in [1.82, 2.24) is 0 Å². The number of hydrogen-bond donors (Lipinski definition) is 1. The third-order valence-electron chi connectivity index (χ3n) is 5.75. The Morgan fingerprint density at radius 2 is 1.75 bits per heavy atom. The molecule has 1 fully saturated rings. The quantitative estimate of drug-likeness (QED) is 0.234. The number of allylic oxidation sites excluding steroid dienone is 4. The van der Waals surface area contributed by atoms with Gasteiger partial charge in [0.25, 0.3) is 0 Å². The minimum Gasteiger partial charge on any atom is -0.513 e. The van der Waals surface area contributed by atoms with Gasteiger partial charge in [0.15, 0.2) is 0 Å². The van der Waals surface area contributed by atoms with Crippen LogP contribution in [0.2, 0.25) is 0 Å². The fourth-order valence-electron chi connectivity index (χ4n) is 3.12. The molecule has 176 valence electrons. The van der Waals surface area contributed by atoms with Crippen LogP contribution in [0.15, 0.2) is 41.3 Å². The smallest absolute Gasteiger partial charge is 0.498 e. The molecule has 2 rings (SSSR count). The first-order valence-electron chi connectivity index (χ1n) is 11.0. The van der Waals surface area contributed by atoms with Gasteiger partial charge in [0.1, 0.15) is 17.3 Å². The van der Waals surface area contributed by atoms with Crippen LogP contribution >= 0.6 is 0 Å². The lowest BCUT2D eigenvalue weighted by Gasteiger charge is -2.32. The average molecular weight is 448 g/mol. The molecular formula is C24H34BFO6.